The van der Waals surface area contributed by atoms with Crippen LogP contribution in [0.1, 0.15) is 161 Å². The van der Waals surface area contributed by atoms with E-state index in [4.69, 9.17) is 47.3 Å². The molecule has 0 spiro atoms. The Hall–Kier alpha value is -3.35. The Bertz CT molecular complexity index is 1730. The number of ether oxygens (including phenoxy) is 9. The van der Waals surface area contributed by atoms with Crippen LogP contribution in [0.2, 0.25) is 0 Å². The molecule has 3 heterocycles. The fourth-order valence-corrected chi connectivity index (χ4v) is 10.2. The molecule has 524 valence electrons. The normalized spacial score (nSPS) is 25.1. The Kier molecular flexibility index (Phi) is 45.1. The highest BCUT2D eigenvalue weighted by molar-refractivity contribution is 5.97. The van der Waals surface area contributed by atoms with Crippen molar-refractivity contribution in [2.24, 2.45) is 0 Å². The highest BCUT2D eigenvalue weighted by Crippen LogP contribution is 2.24. The average Bonchev–Trinajstić information content (AvgIpc) is 2.11. The smallest absolute Gasteiger partial charge is 0.257 e. The van der Waals surface area contributed by atoms with Gasteiger partial charge in [0.15, 0.2) is 18.9 Å². The molecule has 14 N–H and O–H groups in total. The van der Waals surface area contributed by atoms with Gasteiger partial charge in [-0.3, -0.25) is 24.0 Å². The van der Waals surface area contributed by atoms with E-state index in [9.17, 15) is 69.9 Å². The molecule has 30 heteroatoms. The molecule has 29 nitrogen and oxygen atoms in total. The minimum Gasteiger partial charge on any atom is -0.444 e. The second kappa shape index (κ2) is 50.1. The second-order valence-electron chi connectivity index (χ2n) is 23.5. The maximum Gasteiger partial charge on any atom is 0.257 e. The van der Waals surface area contributed by atoms with Gasteiger partial charge in [-0.2, -0.15) is 0 Å². The summed E-state index contributed by atoms with van der Waals surface area (Å²) in [4.78, 5) is 65.2. The molecule has 12 unspecified atom stereocenters. The van der Waals surface area contributed by atoms with Crippen molar-refractivity contribution in [3.8, 4) is 0 Å². The van der Waals surface area contributed by atoms with Gasteiger partial charge >= 0.3 is 0 Å². The van der Waals surface area contributed by atoms with Crippen molar-refractivity contribution in [2.45, 2.75) is 240 Å². The Morgan fingerprint density at radius 3 is 0.978 bits per heavy atom. The van der Waals surface area contributed by atoms with Gasteiger partial charge in [0.05, 0.1) is 77.8 Å². The van der Waals surface area contributed by atoms with E-state index in [2.05, 4.69) is 26.6 Å². The van der Waals surface area contributed by atoms with Crippen molar-refractivity contribution < 1.29 is 117 Å². The SMILES string of the molecule is BOCCCCCCNC(=O)CCCC(=O)NC(COCCC(=O)NCCCCCCOC1CC(O)C(O)C(CO)O1)(COCCC(=O)NCCCCCCOC1CC(O)C(O)C(CO)O1)COCCC(=O)NCCCCCCOC1CC(O)C(O)C(CO)O1. The molecule has 0 saturated carbocycles. The fourth-order valence-electron chi connectivity index (χ4n) is 10.2. The van der Waals surface area contributed by atoms with Gasteiger partial charge in [0.25, 0.3) is 8.05 Å². The van der Waals surface area contributed by atoms with Crippen LogP contribution in [0, 0.1) is 0 Å². The Balaban J connectivity index is 1.52. The molecule has 0 aromatic carbocycles. The van der Waals surface area contributed by atoms with Crippen LogP contribution in [-0.2, 0) is 71.3 Å². The van der Waals surface area contributed by atoms with Crippen LogP contribution < -0.4 is 26.6 Å². The zero-order chi connectivity index (χ0) is 65.6. The lowest BCUT2D eigenvalue weighted by Crippen LogP contribution is -2.58. The summed E-state index contributed by atoms with van der Waals surface area (Å²) in [6.07, 6.45) is 1.67. The minimum atomic E-state index is -1.36. The topological polar surface area (TPSA) is 420 Å². The molecular weight excluding hydrogens is 1190 g/mol. The zero-order valence-electron chi connectivity index (χ0n) is 53.3. The van der Waals surface area contributed by atoms with Gasteiger partial charge in [-0.1, -0.05) is 51.4 Å². The number of unbranched alkanes of at least 4 members (excludes halogenated alkanes) is 12. The van der Waals surface area contributed by atoms with Crippen molar-refractivity contribution in [1.29, 1.82) is 0 Å². The second-order valence-corrected chi connectivity index (χ2v) is 23.5. The monoisotopic (exact) mass is 1300 g/mol. The number of carbonyl (C=O) groups is 5. The maximum atomic E-state index is 13.8. The lowest BCUT2D eigenvalue weighted by molar-refractivity contribution is -0.257. The summed E-state index contributed by atoms with van der Waals surface area (Å²) in [6, 6.07) is 0. The minimum absolute atomic E-state index is 0.00343. The predicted octanol–water partition coefficient (Wildman–Crippen LogP) is -1.96. The van der Waals surface area contributed by atoms with E-state index in [1.807, 2.05) is 0 Å². The number of amides is 5. The first-order valence-corrected chi connectivity index (χ1v) is 32.9. The molecule has 3 saturated heterocycles. The lowest BCUT2D eigenvalue weighted by atomic mass is 10.0. The molecule has 0 bridgehead atoms. The molecule has 0 aromatic rings. The summed E-state index contributed by atoms with van der Waals surface area (Å²) in [5.74, 6) is -1.36. The van der Waals surface area contributed by atoms with Crippen molar-refractivity contribution in [3.63, 3.8) is 0 Å². The maximum absolute atomic E-state index is 13.8. The number of carbonyl (C=O) groups excluding carboxylic acids is 5. The quantitative estimate of drug-likeness (QED) is 0.0232. The van der Waals surface area contributed by atoms with E-state index in [0.29, 0.717) is 91.1 Å². The summed E-state index contributed by atoms with van der Waals surface area (Å²) in [6.45, 7) is 1.59. The van der Waals surface area contributed by atoms with Gasteiger partial charge < -0.3 is 120 Å². The molecule has 0 radical (unpaired) electrons. The lowest BCUT2D eigenvalue weighted by Gasteiger charge is -2.36. The number of aliphatic hydroxyl groups excluding tert-OH is 9. The van der Waals surface area contributed by atoms with E-state index in [-0.39, 0.29) is 121 Å². The summed E-state index contributed by atoms with van der Waals surface area (Å²) < 4.78 is 56.9. The van der Waals surface area contributed by atoms with E-state index in [0.717, 1.165) is 64.2 Å². The number of aliphatic hydroxyl groups is 9. The third-order valence-electron chi connectivity index (χ3n) is 15.6. The predicted molar refractivity (Wildman–Crippen MR) is 326 cm³/mol. The van der Waals surface area contributed by atoms with E-state index >= 15 is 0 Å². The van der Waals surface area contributed by atoms with Crippen LogP contribution in [0.4, 0.5) is 0 Å². The molecule has 3 fully saturated rings. The fraction of sp³-hybridized carbons (Fsp3) is 0.917. The molecule has 3 aliphatic rings. The highest BCUT2D eigenvalue weighted by Gasteiger charge is 2.39. The first-order chi connectivity index (χ1) is 43.5. The van der Waals surface area contributed by atoms with Crippen LogP contribution >= 0.6 is 0 Å². The molecular formula is C60H112BN5O24. The number of nitrogens with one attached hydrogen (secondary N) is 5. The van der Waals surface area contributed by atoms with Crippen molar-refractivity contribution in [1.82, 2.24) is 26.6 Å². The standard InChI is InChI=1S/C60H112BN5O24/c61-87-30-16-8-4-12-23-62-49(73)18-17-19-53(77)66-60(40-81-31-20-50(74)63-24-9-1-5-13-27-84-54-34-43(70)57(78)46(37-67)88-54,41-82-32-21-51(75)64-25-10-2-6-14-28-85-55-35-44(71)58(79)47(38-68)89-55)42-83-33-22-52(76)65-26-11-3-7-15-29-86-56-36-45(72)59(80)48(39-69)90-56/h43-48,54-59,67-72,78-80H,1-42,61H2,(H,62,73)(H,63,74)(H,64,75)(H,65,76)(H,66,77). The van der Waals surface area contributed by atoms with Crippen molar-refractivity contribution in [3.05, 3.63) is 0 Å². The van der Waals surface area contributed by atoms with Crippen LogP contribution in [0.3, 0.4) is 0 Å². The van der Waals surface area contributed by atoms with Crippen molar-refractivity contribution >= 4 is 37.6 Å². The zero-order valence-corrected chi connectivity index (χ0v) is 53.3. The van der Waals surface area contributed by atoms with Crippen molar-refractivity contribution in [2.75, 3.05) is 112 Å². The summed E-state index contributed by atoms with van der Waals surface area (Å²) in [7, 11) is 1.66. The Morgan fingerprint density at radius 2 is 0.667 bits per heavy atom. The summed E-state index contributed by atoms with van der Waals surface area (Å²) in [5, 5.41) is 103. The third-order valence-corrected chi connectivity index (χ3v) is 15.6. The molecule has 0 aromatic heterocycles. The number of hydrogen-bond acceptors (Lipinski definition) is 24. The Labute approximate surface area is 531 Å². The molecule has 3 rings (SSSR count). The van der Waals surface area contributed by atoms with Crippen LogP contribution in [0.25, 0.3) is 0 Å². The molecule has 0 aliphatic carbocycles. The van der Waals surface area contributed by atoms with E-state index in [1.54, 1.807) is 8.05 Å². The average molecular weight is 1300 g/mol. The van der Waals surface area contributed by atoms with Gasteiger partial charge in [0.2, 0.25) is 29.5 Å². The van der Waals surface area contributed by atoms with Gasteiger partial charge in [-0.05, 0) is 57.8 Å². The van der Waals surface area contributed by atoms with Crippen LogP contribution in [0.15, 0.2) is 0 Å². The molecule has 12 atom stereocenters. The molecule has 3 aliphatic heterocycles. The third kappa shape index (κ3) is 36.4. The van der Waals surface area contributed by atoms with Crippen LogP contribution in [0.5, 0.6) is 0 Å². The highest BCUT2D eigenvalue weighted by atomic mass is 16.7. The first kappa shape index (κ1) is 80.9. The van der Waals surface area contributed by atoms with Gasteiger partial charge in [0.1, 0.15) is 42.2 Å². The first-order valence-electron chi connectivity index (χ1n) is 32.9. The molecule has 90 heavy (non-hydrogen) atoms. The van der Waals surface area contributed by atoms with E-state index in [1.165, 1.54) is 0 Å². The molecule has 5 amide bonds. The van der Waals surface area contributed by atoms with Gasteiger partial charge in [-0.25, -0.2) is 0 Å². The van der Waals surface area contributed by atoms with Crippen LogP contribution in [-0.4, -0.2) is 275 Å². The van der Waals surface area contributed by atoms with Gasteiger partial charge in [0, 0.05) is 104 Å². The number of rotatable bonds is 54. The number of hydrogen-bond donors (Lipinski definition) is 14. The summed E-state index contributed by atoms with van der Waals surface area (Å²) >= 11 is 0. The van der Waals surface area contributed by atoms with Gasteiger partial charge in [-0.15, -0.1) is 0 Å². The summed E-state index contributed by atoms with van der Waals surface area (Å²) in [5.41, 5.74) is -1.36. The van der Waals surface area contributed by atoms with E-state index < -0.39 is 105 Å². The Morgan fingerprint density at radius 1 is 0.378 bits per heavy atom. The largest absolute Gasteiger partial charge is 0.444 e.